The molecule has 0 spiro atoms. The van der Waals surface area contributed by atoms with E-state index in [-0.39, 0.29) is 36.2 Å². The Morgan fingerprint density at radius 3 is 2.62 bits per heavy atom. The van der Waals surface area contributed by atoms with Crippen LogP contribution >= 0.6 is 0 Å². The highest BCUT2D eigenvalue weighted by Gasteiger charge is 2.42. The Hall–Kier alpha value is -4.70. The van der Waals surface area contributed by atoms with Gasteiger partial charge in [0.05, 0.1) is 20.4 Å². The SMILES string of the molecule is COc1cc([C@H]2Oc3c(c4c(c5c3CC[C@H](CO)O5)-c3ccc(O)cc3[C@@H](Cc3ccc5[nH]ccc5c3)C4)C[C@H]2OCNC2CCCC2)ccc1O. The van der Waals surface area contributed by atoms with E-state index < -0.39 is 6.10 Å². The van der Waals surface area contributed by atoms with Gasteiger partial charge in [0, 0.05) is 40.9 Å². The maximum Gasteiger partial charge on any atom is 0.160 e. The summed E-state index contributed by atoms with van der Waals surface area (Å²) in [6.45, 7) is 0.346. The molecular formula is C43H46N2O7. The molecule has 0 radical (unpaired) electrons. The Balaban J connectivity index is 1.17. The molecule has 52 heavy (non-hydrogen) atoms. The average Bonchev–Trinajstić information content (AvgIpc) is 3.87. The van der Waals surface area contributed by atoms with Crippen LogP contribution in [-0.4, -0.2) is 59.0 Å². The van der Waals surface area contributed by atoms with Gasteiger partial charge >= 0.3 is 0 Å². The van der Waals surface area contributed by atoms with Gasteiger partial charge in [0.25, 0.3) is 0 Å². The molecule has 1 aromatic heterocycles. The van der Waals surface area contributed by atoms with E-state index in [0.717, 1.165) is 76.1 Å². The number of hydrogen-bond donors (Lipinski definition) is 5. The summed E-state index contributed by atoms with van der Waals surface area (Å²) in [7, 11) is 1.55. The minimum Gasteiger partial charge on any atom is -0.508 e. The highest BCUT2D eigenvalue weighted by atomic mass is 16.6. The van der Waals surface area contributed by atoms with Gasteiger partial charge in [-0.3, -0.25) is 5.32 Å². The van der Waals surface area contributed by atoms with E-state index >= 15 is 0 Å². The van der Waals surface area contributed by atoms with Crippen LogP contribution in [0.2, 0.25) is 0 Å². The molecule has 2 aliphatic carbocycles. The zero-order valence-electron chi connectivity index (χ0n) is 29.5. The maximum absolute atomic E-state index is 10.8. The number of aromatic hydroxyl groups is 2. The van der Waals surface area contributed by atoms with Crippen molar-refractivity contribution in [2.24, 2.45) is 0 Å². The van der Waals surface area contributed by atoms with Crippen LogP contribution in [0, 0.1) is 0 Å². The first-order chi connectivity index (χ1) is 25.5. The maximum atomic E-state index is 10.8. The molecule has 4 aliphatic rings. The summed E-state index contributed by atoms with van der Waals surface area (Å²) in [5, 5.41) is 36.3. The molecule has 0 unspecified atom stereocenters. The number of ether oxygens (including phenoxy) is 4. The van der Waals surface area contributed by atoms with Crippen LogP contribution in [0.5, 0.6) is 28.7 Å². The summed E-state index contributed by atoms with van der Waals surface area (Å²) in [5.74, 6) is 2.39. The molecule has 4 atom stereocenters. The van der Waals surface area contributed by atoms with Gasteiger partial charge in [-0.05, 0) is 120 Å². The summed E-state index contributed by atoms with van der Waals surface area (Å²) < 4.78 is 26.1. The Bertz CT molecular complexity index is 2120. The lowest BCUT2D eigenvalue weighted by Crippen LogP contribution is -2.39. The molecule has 5 aromatic rings. The number of aliphatic hydroxyl groups excluding tert-OH is 1. The first-order valence-electron chi connectivity index (χ1n) is 18.7. The molecule has 2 aliphatic heterocycles. The number of phenols is 2. The summed E-state index contributed by atoms with van der Waals surface area (Å²) in [4.78, 5) is 3.30. The standard InChI is InChI=1S/C43H46N2O7/c1-49-38-19-26(7-13-37(38)48)41-39(50-23-45-28-4-2-3-5-28)21-35-34-18-27(17-24-6-12-36-25(16-24)14-15-44-36)33-20-29(47)8-10-31(33)40(34)43-32(42(35)52-41)11-9-30(22-46)51-43/h6-8,10,12-16,19-20,27-28,30,39,41,44-48H,2-5,9,11,17-18,21-23H2,1H3/t27-,30+,39+,41+/m0/s1. The van der Waals surface area contributed by atoms with Gasteiger partial charge in [0.2, 0.25) is 0 Å². The smallest absolute Gasteiger partial charge is 0.160 e. The fourth-order valence-corrected chi connectivity index (χ4v) is 9.13. The van der Waals surface area contributed by atoms with Gasteiger partial charge < -0.3 is 39.3 Å². The van der Waals surface area contributed by atoms with Gasteiger partial charge in [-0.1, -0.05) is 31.0 Å². The van der Waals surface area contributed by atoms with Crippen LogP contribution in [0.1, 0.15) is 77.5 Å². The second-order valence-electron chi connectivity index (χ2n) is 14.9. The van der Waals surface area contributed by atoms with Crippen molar-refractivity contribution in [3.05, 3.63) is 100 Å². The summed E-state index contributed by atoms with van der Waals surface area (Å²) in [6.07, 6.45) is 9.20. The number of H-pyrrole nitrogens is 1. The molecule has 270 valence electrons. The first kappa shape index (κ1) is 33.2. The quantitative estimate of drug-likeness (QED) is 0.101. The number of aromatic nitrogens is 1. The minimum absolute atomic E-state index is 0.0708. The third kappa shape index (κ3) is 5.94. The second-order valence-corrected chi connectivity index (χ2v) is 14.9. The number of nitrogens with one attached hydrogen (secondary N) is 2. The molecule has 1 saturated carbocycles. The number of benzene rings is 4. The van der Waals surface area contributed by atoms with Crippen LogP contribution in [0.15, 0.2) is 66.9 Å². The lowest BCUT2D eigenvalue weighted by molar-refractivity contribution is -0.0476. The van der Waals surface area contributed by atoms with Gasteiger partial charge in [0.15, 0.2) is 17.6 Å². The molecule has 9 heteroatoms. The third-order valence-electron chi connectivity index (χ3n) is 11.8. The molecule has 9 rings (SSSR count). The number of methoxy groups -OCH3 is 1. The zero-order valence-corrected chi connectivity index (χ0v) is 29.5. The van der Waals surface area contributed by atoms with Gasteiger partial charge in [-0.2, -0.15) is 0 Å². The molecular weight excluding hydrogens is 656 g/mol. The lowest BCUT2D eigenvalue weighted by Gasteiger charge is -2.41. The van der Waals surface area contributed by atoms with Crippen molar-refractivity contribution in [3.63, 3.8) is 0 Å². The van der Waals surface area contributed by atoms with E-state index in [4.69, 9.17) is 18.9 Å². The number of hydrogen-bond acceptors (Lipinski definition) is 8. The van der Waals surface area contributed by atoms with E-state index in [2.05, 4.69) is 34.6 Å². The lowest BCUT2D eigenvalue weighted by atomic mass is 9.72. The van der Waals surface area contributed by atoms with Crippen LogP contribution in [-0.2, 0) is 30.4 Å². The van der Waals surface area contributed by atoms with E-state index in [0.29, 0.717) is 37.8 Å². The van der Waals surface area contributed by atoms with Gasteiger partial charge in [0.1, 0.15) is 29.5 Å². The highest BCUT2D eigenvalue weighted by Crippen LogP contribution is 2.56. The summed E-state index contributed by atoms with van der Waals surface area (Å²) >= 11 is 0. The summed E-state index contributed by atoms with van der Waals surface area (Å²) in [6, 6.07) is 20.2. The van der Waals surface area contributed by atoms with Crippen molar-refractivity contribution < 1.29 is 34.3 Å². The Kier molecular flexibility index (Phi) is 8.73. The average molecular weight is 703 g/mol. The number of aliphatic hydroxyl groups is 1. The van der Waals surface area contributed by atoms with E-state index in [9.17, 15) is 15.3 Å². The van der Waals surface area contributed by atoms with Crippen LogP contribution in [0.25, 0.3) is 22.0 Å². The normalized spacial score (nSPS) is 22.2. The predicted molar refractivity (Wildman–Crippen MR) is 199 cm³/mol. The molecule has 0 bridgehead atoms. The number of fused-ring (bicyclic) bond motifs is 9. The Morgan fingerprint density at radius 1 is 0.885 bits per heavy atom. The largest absolute Gasteiger partial charge is 0.508 e. The monoisotopic (exact) mass is 702 g/mol. The molecule has 9 nitrogen and oxygen atoms in total. The van der Waals surface area contributed by atoms with Crippen molar-refractivity contribution in [2.45, 2.75) is 88.1 Å². The van der Waals surface area contributed by atoms with Crippen LogP contribution in [0.3, 0.4) is 0 Å². The number of rotatable bonds is 9. The first-order valence-corrected chi connectivity index (χ1v) is 18.7. The molecule has 4 aromatic carbocycles. The van der Waals surface area contributed by atoms with Crippen molar-refractivity contribution in [1.82, 2.24) is 10.3 Å². The minimum atomic E-state index is -0.457. The Morgan fingerprint density at radius 2 is 1.77 bits per heavy atom. The molecule has 0 saturated heterocycles. The molecule has 0 amide bonds. The zero-order chi connectivity index (χ0) is 35.3. The fraction of sp³-hybridized carbons (Fsp3) is 0.395. The van der Waals surface area contributed by atoms with Gasteiger partial charge in [-0.15, -0.1) is 0 Å². The predicted octanol–water partition coefficient (Wildman–Crippen LogP) is 7.37. The van der Waals surface area contributed by atoms with Crippen LogP contribution < -0.4 is 19.5 Å². The molecule has 5 N–H and O–H groups in total. The third-order valence-corrected chi connectivity index (χ3v) is 11.8. The van der Waals surface area contributed by atoms with Gasteiger partial charge in [-0.25, -0.2) is 0 Å². The summed E-state index contributed by atoms with van der Waals surface area (Å²) in [5.41, 5.74) is 9.71. The Labute approximate surface area is 303 Å². The van der Waals surface area contributed by atoms with Crippen molar-refractivity contribution in [1.29, 1.82) is 0 Å². The highest BCUT2D eigenvalue weighted by molar-refractivity contribution is 5.85. The van der Waals surface area contributed by atoms with E-state index in [1.54, 1.807) is 19.2 Å². The number of aromatic amines is 1. The second kappa shape index (κ2) is 13.7. The number of phenolic OH excluding ortho intramolecular Hbond substituents is 2. The fourth-order valence-electron chi connectivity index (χ4n) is 9.13. The topological polar surface area (TPSA) is 125 Å². The van der Waals surface area contributed by atoms with Crippen molar-refractivity contribution >= 4 is 10.9 Å². The molecule has 1 fully saturated rings. The van der Waals surface area contributed by atoms with Crippen molar-refractivity contribution in [2.75, 3.05) is 20.4 Å². The van der Waals surface area contributed by atoms with E-state index in [1.807, 2.05) is 30.5 Å². The molecule has 3 heterocycles. The van der Waals surface area contributed by atoms with E-state index in [1.165, 1.54) is 29.4 Å². The van der Waals surface area contributed by atoms with Crippen LogP contribution in [0.4, 0.5) is 0 Å². The van der Waals surface area contributed by atoms with Crippen molar-refractivity contribution in [3.8, 4) is 39.9 Å².